The minimum atomic E-state index is -0.466. The Balaban J connectivity index is 1.51. The summed E-state index contributed by atoms with van der Waals surface area (Å²) in [5.74, 6) is 0.332. The molecule has 0 unspecified atom stereocenters. The Morgan fingerprint density at radius 3 is 2.83 bits per heavy atom. The Bertz CT molecular complexity index is 714. The molecule has 1 aliphatic rings. The van der Waals surface area contributed by atoms with Gasteiger partial charge in [0.25, 0.3) is 5.91 Å². The summed E-state index contributed by atoms with van der Waals surface area (Å²) in [6.45, 7) is -0.00341. The Kier molecular flexibility index (Phi) is 4.42. The Hall–Kier alpha value is -3.02. The first-order valence-corrected chi connectivity index (χ1v) is 7.10. The number of fused-ring (bicyclic) bond motifs is 1. The van der Waals surface area contributed by atoms with E-state index in [1.165, 1.54) is 0 Å². The Morgan fingerprint density at radius 2 is 2.00 bits per heavy atom. The fraction of sp³-hybridized carbons (Fsp3) is 0.176. The summed E-state index contributed by atoms with van der Waals surface area (Å²) < 4.78 is 15.7. The number of carbonyl (C=O) groups is 2. The van der Waals surface area contributed by atoms with Crippen molar-refractivity contribution in [2.45, 2.75) is 6.61 Å². The zero-order valence-corrected chi connectivity index (χ0v) is 12.3. The summed E-state index contributed by atoms with van der Waals surface area (Å²) in [4.78, 5) is 23.0. The standard InChI is InChI=1S/C17H15NO5/c19-16-10-22-15-7-6-13(8-14(15)18-16)21-11-17(20)23-9-12-4-2-1-3-5-12/h1-8H,9-11H2,(H,18,19). The van der Waals surface area contributed by atoms with Crippen LogP contribution in [0.1, 0.15) is 5.56 Å². The van der Waals surface area contributed by atoms with Crippen molar-refractivity contribution in [3.8, 4) is 11.5 Å². The minimum absolute atomic E-state index is 0.000976. The van der Waals surface area contributed by atoms with Gasteiger partial charge in [0.2, 0.25) is 0 Å². The van der Waals surface area contributed by atoms with Gasteiger partial charge in [-0.3, -0.25) is 4.79 Å². The zero-order chi connectivity index (χ0) is 16.1. The molecule has 0 aromatic heterocycles. The van der Waals surface area contributed by atoms with Gasteiger partial charge in [-0.1, -0.05) is 30.3 Å². The van der Waals surface area contributed by atoms with Crippen LogP contribution in [0, 0.1) is 0 Å². The molecule has 2 aromatic rings. The first-order valence-electron chi connectivity index (χ1n) is 7.10. The lowest BCUT2D eigenvalue weighted by atomic mass is 10.2. The number of rotatable bonds is 5. The summed E-state index contributed by atoms with van der Waals surface area (Å²) in [7, 11) is 0. The predicted octanol–water partition coefficient (Wildman–Crippen LogP) is 2.14. The van der Waals surface area contributed by atoms with Crippen LogP contribution < -0.4 is 14.8 Å². The van der Waals surface area contributed by atoms with Crippen molar-refractivity contribution < 1.29 is 23.8 Å². The van der Waals surface area contributed by atoms with Crippen LogP contribution in [0.15, 0.2) is 48.5 Å². The highest BCUT2D eigenvalue weighted by molar-refractivity contribution is 5.95. The number of hydrogen-bond acceptors (Lipinski definition) is 5. The summed E-state index contributed by atoms with van der Waals surface area (Å²) in [6.07, 6.45) is 0. The molecule has 0 fully saturated rings. The van der Waals surface area contributed by atoms with Crippen LogP contribution in [-0.4, -0.2) is 25.1 Å². The molecule has 0 atom stereocenters. The van der Waals surface area contributed by atoms with E-state index in [9.17, 15) is 9.59 Å². The topological polar surface area (TPSA) is 73.9 Å². The smallest absolute Gasteiger partial charge is 0.344 e. The normalized spacial score (nSPS) is 12.6. The molecule has 6 nitrogen and oxygen atoms in total. The number of anilines is 1. The molecule has 0 saturated carbocycles. The number of hydrogen-bond donors (Lipinski definition) is 1. The second-order valence-electron chi connectivity index (χ2n) is 4.93. The van der Waals surface area contributed by atoms with E-state index in [2.05, 4.69) is 5.32 Å². The third-order valence-electron chi connectivity index (χ3n) is 3.18. The van der Waals surface area contributed by atoms with Gasteiger partial charge >= 0.3 is 5.97 Å². The van der Waals surface area contributed by atoms with Crippen molar-refractivity contribution in [3.05, 3.63) is 54.1 Å². The molecule has 6 heteroatoms. The van der Waals surface area contributed by atoms with Gasteiger partial charge in [0.15, 0.2) is 13.2 Å². The van der Waals surface area contributed by atoms with E-state index in [0.717, 1.165) is 5.56 Å². The van der Waals surface area contributed by atoms with Crippen LogP contribution >= 0.6 is 0 Å². The molecule has 1 heterocycles. The van der Waals surface area contributed by atoms with Crippen LogP contribution in [0.5, 0.6) is 11.5 Å². The highest BCUT2D eigenvalue weighted by Crippen LogP contribution is 2.31. The molecule has 0 bridgehead atoms. The highest BCUT2D eigenvalue weighted by atomic mass is 16.6. The number of carbonyl (C=O) groups excluding carboxylic acids is 2. The first kappa shape index (κ1) is 14.9. The number of amides is 1. The zero-order valence-electron chi connectivity index (χ0n) is 12.3. The molecule has 0 radical (unpaired) electrons. The van der Waals surface area contributed by atoms with Gasteiger partial charge in [-0.2, -0.15) is 0 Å². The van der Waals surface area contributed by atoms with Gasteiger partial charge in [-0.05, 0) is 17.7 Å². The van der Waals surface area contributed by atoms with Crippen molar-refractivity contribution in [3.63, 3.8) is 0 Å². The van der Waals surface area contributed by atoms with Gasteiger partial charge in [0.05, 0.1) is 5.69 Å². The van der Waals surface area contributed by atoms with Crippen molar-refractivity contribution in [1.29, 1.82) is 0 Å². The Labute approximate surface area is 133 Å². The van der Waals surface area contributed by atoms with Gasteiger partial charge < -0.3 is 19.5 Å². The number of esters is 1. The molecular formula is C17H15NO5. The van der Waals surface area contributed by atoms with Crippen molar-refractivity contribution in [2.24, 2.45) is 0 Å². The van der Waals surface area contributed by atoms with Gasteiger partial charge in [0.1, 0.15) is 18.1 Å². The van der Waals surface area contributed by atoms with E-state index in [1.807, 2.05) is 30.3 Å². The van der Waals surface area contributed by atoms with Crippen molar-refractivity contribution >= 4 is 17.6 Å². The fourth-order valence-corrected chi connectivity index (χ4v) is 2.07. The number of benzene rings is 2. The molecule has 3 rings (SSSR count). The second kappa shape index (κ2) is 6.83. The van der Waals surface area contributed by atoms with E-state index in [-0.39, 0.29) is 25.7 Å². The number of ether oxygens (including phenoxy) is 3. The molecule has 118 valence electrons. The number of nitrogens with one attached hydrogen (secondary N) is 1. The van der Waals surface area contributed by atoms with Crippen LogP contribution in [-0.2, 0) is 20.9 Å². The van der Waals surface area contributed by atoms with Gasteiger partial charge in [0, 0.05) is 6.07 Å². The molecule has 0 aliphatic carbocycles. The fourth-order valence-electron chi connectivity index (χ4n) is 2.07. The monoisotopic (exact) mass is 313 g/mol. The van der Waals surface area contributed by atoms with Crippen molar-refractivity contribution in [2.75, 3.05) is 18.5 Å². The molecule has 0 saturated heterocycles. The summed E-state index contributed by atoms with van der Waals surface area (Å²) in [6, 6.07) is 14.4. The molecule has 1 aliphatic heterocycles. The van der Waals surface area contributed by atoms with Crippen LogP contribution in [0.3, 0.4) is 0 Å². The predicted molar refractivity (Wildman–Crippen MR) is 82.3 cm³/mol. The SMILES string of the molecule is O=C1COc2ccc(OCC(=O)OCc3ccccc3)cc2N1. The van der Waals surface area contributed by atoms with Gasteiger partial charge in [-0.25, -0.2) is 4.79 Å². The Morgan fingerprint density at radius 1 is 1.17 bits per heavy atom. The third kappa shape index (κ3) is 4.00. The van der Waals surface area contributed by atoms with Crippen LogP contribution in [0.2, 0.25) is 0 Å². The average molecular weight is 313 g/mol. The van der Waals surface area contributed by atoms with E-state index < -0.39 is 5.97 Å². The molecule has 2 aromatic carbocycles. The molecular weight excluding hydrogens is 298 g/mol. The van der Waals surface area contributed by atoms with E-state index in [0.29, 0.717) is 17.2 Å². The maximum absolute atomic E-state index is 11.7. The van der Waals surface area contributed by atoms with Crippen molar-refractivity contribution in [1.82, 2.24) is 0 Å². The van der Waals surface area contributed by atoms with E-state index in [1.54, 1.807) is 18.2 Å². The third-order valence-corrected chi connectivity index (χ3v) is 3.18. The average Bonchev–Trinajstić information content (AvgIpc) is 2.58. The van der Waals surface area contributed by atoms with Gasteiger partial charge in [-0.15, -0.1) is 0 Å². The maximum Gasteiger partial charge on any atom is 0.344 e. The summed E-state index contributed by atoms with van der Waals surface area (Å²) in [5.41, 5.74) is 1.44. The van der Waals surface area contributed by atoms with Crippen LogP contribution in [0.25, 0.3) is 0 Å². The highest BCUT2D eigenvalue weighted by Gasteiger charge is 2.16. The quantitative estimate of drug-likeness (QED) is 0.856. The summed E-state index contributed by atoms with van der Waals surface area (Å²) >= 11 is 0. The largest absolute Gasteiger partial charge is 0.482 e. The minimum Gasteiger partial charge on any atom is -0.482 e. The first-order chi connectivity index (χ1) is 11.2. The van der Waals surface area contributed by atoms with E-state index in [4.69, 9.17) is 14.2 Å². The molecule has 1 N–H and O–H groups in total. The molecule has 0 spiro atoms. The van der Waals surface area contributed by atoms with E-state index >= 15 is 0 Å². The lowest BCUT2D eigenvalue weighted by Gasteiger charge is -2.18. The lowest BCUT2D eigenvalue weighted by molar-refractivity contribution is -0.147. The molecule has 1 amide bonds. The maximum atomic E-state index is 11.7. The van der Waals surface area contributed by atoms with Crippen LogP contribution in [0.4, 0.5) is 5.69 Å². The lowest BCUT2D eigenvalue weighted by Crippen LogP contribution is -2.25. The second-order valence-corrected chi connectivity index (χ2v) is 4.93. The molecule has 23 heavy (non-hydrogen) atoms. The summed E-state index contributed by atoms with van der Waals surface area (Å²) in [5, 5.41) is 2.67.